The van der Waals surface area contributed by atoms with E-state index in [-0.39, 0.29) is 11.8 Å². The van der Waals surface area contributed by atoms with Gasteiger partial charge in [0.2, 0.25) is 5.91 Å². The highest BCUT2D eigenvalue weighted by Crippen LogP contribution is 2.15. The van der Waals surface area contributed by atoms with Crippen molar-refractivity contribution in [2.45, 2.75) is 48.1 Å². The Morgan fingerprint density at radius 2 is 1.67 bits per heavy atom. The molecule has 1 aromatic carbocycles. The lowest BCUT2D eigenvalue weighted by Crippen LogP contribution is -2.50. The Labute approximate surface area is 182 Å². The lowest BCUT2D eigenvalue weighted by molar-refractivity contribution is -0.128. The summed E-state index contributed by atoms with van der Waals surface area (Å²) < 4.78 is 0. The fraction of sp³-hybridized carbons (Fsp3) is 0.667. The maximum absolute atomic E-state index is 12.9. The normalized spacial score (nSPS) is 15.9. The number of amides is 2. The second-order valence-corrected chi connectivity index (χ2v) is 10.5. The van der Waals surface area contributed by atoms with Crippen LogP contribution in [0, 0.1) is 10.8 Å². The Morgan fingerprint density at radius 1 is 1.00 bits per heavy atom. The monoisotopic (exact) mass is 416 g/mol. The van der Waals surface area contributed by atoms with Crippen molar-refractivity contribution in [2.75, 3.05) is 45.8 Å². The van der Waals surface area contributed by atoms with Crippen LogP contribution in [0.1, 0.15) is 57.5 Å². The third kappa shape index (κ3) is 8.07. The smallest absolute Gasteiger partial charge is 0.253 e. The maximum atomic E-state index is 12.9. The second kappa shape index (κ2) is 10.4. The molecule has 30 heavy (non-hydrogen) atoms. The van der Waals surface area contributed by atoms with E-state index in [1.165, 1.54) is 0 Å². The average Bonchev–Trinajstić information content (AvgIpc) is 2.68. The Balaban J connectivity index is 1.80. The van der Waals surface area contributed by atoms with Gasteiger partial charge in [0.05, 0.1) is 0 Å². The van der Waals surface area contributed by atoms with Gasteiger partial charge in [-0.25, -0.2) is 0 Å². The van der Waals surface area contributed by atoms with Crippen LogP contribution >= 0.6 is 0 Å². The van der Waals surface area contributed by atoms with E-state index in [9.17, 15) is 9.59 Å². The number of rotatable bonds is 7. The van der Waals surface area contributed by atoms with Crippen LogP contribution in [0.2, 0.25) is 0 Å². The van der Waals surface area contributed by atoms with Crippen LogP contribution in [0.4, 0.5) is 0 Å². The number of nitrogens with zero attached hydrogens (tertiary/aromatic N) is 2. The van der Waals surface area contributed by atoms with Crippen LogP contribution in [0.3, 0.4) is 0 Å². The molecule has 1 aromatic rings. The van der Waals surface area contributed by atoms with E-state index < -0.39 is 5.41 Å². The van der Waals surface area contributed by atoms with E-state index in [0.717, 1.165) is 51.4 Å². The Hall–Kier alpha value is -1.92. The van der Waals surface area contributed by atoms with Crippen molar-refractivity contribution in [3.8, 4) is 0 Å². The fourth-order valence-corrected chi connectivity index (χ4v) is 3.32. The summed E-state index contributed by atoms with van der Waals surface area (Å²) >= 11 is 0. The van der Waals surface area contributed by atoms with Crippen molar-refractivity contribution in [2.24, 2.45) is 10.8 Å². The molecule has 0 spiro atoms. The van der Waals surface area contributed by atoms with Crippen LogP contribution in [-0.4, -0.2) is 67.4 Å². The summed E-state index contributed by atoms with van der Waals surface area (Å²) in [5.41, 5.74) is 1.52. The van der Waals surface area contributed by atoms with E-state index in [1.54, 1.807) is 0 Å². The lowest BCUT2D eigenvalue weighted by Gasteiger charge is -2.35. The van der Waals surface area contributed by atoms with Gasteiger partial charge < -0.3 is 15.5 Å². The third-order valence-electron chi connectivity index (χ3n) is 5.23. The molecule has 0 bridgehead atoms. The largest absolute Gasteiger partial charge is 0.352 e. The predicted molar refractivity (Wildman–Crippen MR) is 122 cm³/mol. The zero-order valence-electron chi connectivity index (χ0n) is 19.7. The van der Waals surface area contributed by atoms with E-state index in [2.05, 4.69) is 36.3 Å². The van der Waals surface area contributed by atoms with E-state index in [0.29, 0.717) is 17.5 Å². The van der Waals surface area contributed by atoms with Crippen LogP contribution < -0.4 is 10.6 Å². The second-order valence-electron chi connectivity index (χ2n) is 10.5. The summed E-state index contributed by atoms with van der Waals surface area (Å²) in [6.45, 7) is 19.1. The summed E-state index contributed by atoms with van der Waals surface area (Å²) in [5, 5.41) is 6.46. The molecular formula is C24H40N4O2. The van der Waals surface area contributed by atoms with Crippen molar-refractivity contribution in [3.05, 3.63) is 35.4 Å². The first-order valence-corrected chi connectivity index (χ1v) is 11.1. The molecule has 0 radical (unpaired) electrons. The summed E-state index contributed by atoms with van der Waals surface area (Å²) in [7, 11) is 0. The van der Waals surface area contributed by atoms with Crippen LogP contribution in [0.15, 0.2) is 24.3 Å². The maximum Gasteiger partial charge on any atom is 0.253 e. The fourth-order valence-electron chi connectivity index (χ4n) is 3.32. The molecule has 1 fully saturated rings. The molecule has 6 heteroatoms. The Kier molecular flexibility index (Phi) is 8.44. The summed E-state index contributed by atoms with van der Waals surface area (Å²) in [4.78, 5) is 29.4. The van der Waals surface area contributed by atoms with Gasteiger partial charge in [-0.15, -0.1) is 0 Å². The highest BCUT2D eigenvalue weighted by molar-refractivity contribution is 5.94. The molecular weight excluding hydrogens is 376 g/mol. The molecule has 2 rings (SSSR count). The Morgan fingerprint density at radius 3 is 2.27 bits per heavy atom. The van der Waals surface area contributed by atoms with E-state index in [1.807, 2.05) is 49.9 Å². The topological polar surface area (TPSA) is 64.7 Å². The van der Waals surface area contributed by atoms with E-state index in [4.69, 9.17) is 0 Å². The molecule has 2 N–H and O–H groups in total. The van der Waals surface area contributed by atoms with E-state index >= 15 is 0 Å². The van der Waals surface area contributed by atoms with Gasteiger partial charge in [0.1, 0.15) is 0 Å². The number of hydrogen-bond acceptors (Lipinski definition) is 4. The molecule has 2 amide bonds. The summed E-state index contributed by atoms with van der Waals surface area (Å²) in [5.74, 6) is 0.0804. The van der Waals surface area contributed by atoms with Gasteiger partial charge in [-0.1, -0.05) is 53.7 Å². The molecule has 168 valence electrons. The molecule has 0 atom stereocenters. The number of nitrogens with one attached hydrogen (secondary N) is 2. The van der Waals surface area contributed by atoms with Crippen molar-refractivity contribution < 1.29 is 9.59 Å². The number of carbonyl (C=O) groups excluding carboxylic acids is 2. The van der Waals surface area contributed by atoms with Crippen molar-refractivity contribution in [1.29, 1.82) is 0 Å². The minimum atomic E-state index is -0.421. The van der Waals surface area contributed by atoms with Gasteiger partial charge in [-0.3, -0.25) is 14.5 Å². The van der Waals surface area contributed by atoms with Gasteiger partial charge >= 0.3 is 0 Å². The molecule has 0 unspecified atom stereocenters. The first kappa shape index (κ1) is 24.4. The van der Waals surface area contributed by atoms with Gasteiger partial charge in [-0.05, 0) is 23.1 Å². The zero-order valence-corrected chi connectivity index (χ0v) is 19.7. The molecule has 6 nitrogen and oxygen atoms in total. The molecule has 1 aliphatic heterocycles. The highest BCUT2D eigenvalue weighted by atomic mass is 16.2. The highest BCUT2D eigenvalue weighted by Gasteiger charge is 2.23. The number of benzene rings is 1. The summed E-state index contributed by atoms with van der Waals surface area (Å²) in [6, 6.07) is 7.60. The quantitative estimate of drug-likeness (QED) is 0.671. The third-order valence-corrected chi connectivity index (χ3v) is 5.23. The summed E-state index contributed by atoms with van der Waals surface area (Å²) in [6.07, 6.45) is 0. The minimum Gasteiger partial charge on any atom is -0.352 e. The number of piperazine rings is 1. The Bertz CT molecular complexity index is 711. The SMILES string of the molecule is CC(C)(C)CNCCN1CCN(C(=O)c2cccc(CNC(=O)C(C)(C)C)c2)CC1. The van der Waals surface area contributed by atoms with Gasteiger partial charge in [0.15, 0.2) is 0 Å². The average molecular weight is 417 g/mol. The van der Waals surface area contributed by atoms with Crippen molar-refractivity contribution >= 4 is 11.8 Å². The van der Waals surface area contributed by atoms with Crippen LogP contribution in [-0.2, 0) is 11.3 Å². The molecule has 0 aliphatic carbocycles. The zero-order chi connectivity index (χ0) is 22.4. The lowest BCUT2D eigenvalue weighted by atomic mass is 9.95. The molecule has 0 saturated carbocycles. The first-order chi connectivity index (χ1) is 14.0. The van der Waals surface area contributed by atoms with Crippen LogP contribution in [0.5, 0.6) is 0 Å². The molecule has 1 saturated heterocycles. The molecule has 1 aliphatic rings. The number of hydrogen-bond donors (Lipinski definition) is 2. The minimum absolute atomic E-state index is 0.00680. The van der Waals surface area contributed by atoms with Crippen molar-refractivity contribution in [1.82, 2.24) is 20.4 Å². The first-order valence-electron chi connectivity index (χ1n) is 11.1. The van der Waals surface area contributed by atoms with Crippen LogP contribution in [0.25, 0.3) is 0 Å². The molecule has 1 heterocycles. The van der Waals surface area contributed by atoms with Gasteiger partial charge in [0, 0.05) is 63.3 Å². The van der Waals surface area contributed by atoms with Gasteiger partial charge in [-0.2, -0.15) is 0 Å². The molecule has 0 aromatic heterocycles. The number of carbonyl (C=O) groups is 2. The predicted octanol–water partition coefficient (Wildman–Crippen LogP) is 2.74. The standard InChI is InChI=1S/C24H40N4O2/c1-23(2,3)18-25-10-11-27-12-14-28(15-13-27)21(29)20-9-7-8-19(16-20)17-26-22(30)24(4,5)6/h7-9,16,25H,10-15,17-18H2,1-6H3,(H,26,30). The van der Waals surface area contributed by atoms with Crippen molar-refractivity contribution in [3.63, 3.8) is 0 Å². The van der Waals surface area contributed by atoms with Gasteiger partial charge in [0.25, 0.3) is 5.91 Å².